The zero-order valence-electron chi connectivity index (χ0n) is 13.7. The van der Waals surface area contributed by atoms with Gasteiger partial charge in [0.25, 0.3) is 0 Å². The molecule has 25 heavy (non-hydrogen) atoms. The minimum absolute atomic E-state index is 0.0813. The number of amides is 1. The Bertz CT molecular complexity index is 617. The fourth-order valence-electron chi connectivity index (χ4n) is 3.41. The molecule has 1 aromatic carbocycles. The number of aliphatic hydroxyl groups excluding tert-OH is 1. The molecule has 0 saturated carbocycles. The summed E-state index contributed by atoms with van der Waals surface area (Å²) in [6, 6.07) is 4.71. The first-order valence-corrected chi connectivity index (χ1v) is 8.29. The first-order valence-electron chi connectivity index (χ1n) is 8.29. The second-order valence-electron chi connectivity index (χ2n) is 6.45. The van der Waals surface area contributed by atoms with Gasteiger partial charge in [-0.15, -0.1) is 0 Å². The van der Waals surface area contributed by atoms with Gasteiger partial charge in [-0.25, -0.2) is 0 Å². The number of rotatable bonds is 3. The van der Waals surface area contributed by atoms with Crippen molar-refractivity contribution >= 4 is 5.91 Å². The fourth-order valence-corrected chi connectivity index (χ4v) is 3.41. The number of benzene rings is 1. The van der Waals surface area contributed by atoms with Gasteiger partial charge in [0, 0.05) is 25.7 Å². The van der Waals surface area contributed by atoms with Crippen molar-refractivity contribution in [2.75, 3.05) is 39.4 Å². The van der Waals surface area contributed by atoms with Crippen LogP contribution in [0.5, 0.6) is 0 Å². The van der Waals surface area contributed by atoms with Crippen LogP contribution in [0.1, 0.15) is 23.6 Å². The molecule has 2 heterocycles. The molecule has 2 aliphatic heterocycles. The van der Waals surface area contributed by atoms with Crippen LogP contribution in [-0.4, -0.2) is 66.3 Å². The van der Waals surface area contributed by atoms with E-state index in [1.807, 2.05) is 0 Å². The molecule has 5 nitrogen and oxygen atoms in total. The average molecular weight is 358 g/mol. The maximum atomic E-state index is 12.9. The van der Waals surface area contributed by atoms with E-state index in [9.17, 15) is 23.1 Å². The normalized spacial score (nSPS) is 25.4. The number of β-amino-alcohol motifs (C(OH)–C–C–N with tert-alkyl or cyclic N) is 1. The Morgan fingerprint density at radius 3 is 2.68 bits per heavy atom. The van der Waals surface area contributed by atoms with Gasteiger partial charge in [-0.2, -0.15) is 13.2 Å². The van der Waals surface area contributed by atoms with E-state index in [-0.39, 0.29) is 19.0 Å². The van der Waals surface area contributed by atoms with E-state index in [1.165, 1.54) is 6.07 Å². The molecule has 0 unspecified atom stereocenters. The van der Waals surface area contributed by atoms with Crippen molar-refractivity contribution in [2.24, 2.45) is 0 Å². The van der Waals surface area contributed by atoms with Crippen LogP contribution in [0.15, 0.2) is 24.3 Å². The molecule has 138 valence electrons. The number of nitrogens with zero attached hydrogens (tertiary/aromatic N) is 2. The SMILES string of the molecule is O=C(CN1C[C@H](O)C[C@H]1c1cccc(C(F)(F)F)c1)N1CCOCC1. The van der Waals surface area contributed by atoms with E-state index in [4.69, 9.17) is 4.74 Å². The number of halogens is 3. The van der Waals surface area contributed by atoms with Crippen LogP contribution < -0.4 is 0 Å². The van der Waals surface area contributed by atoms with Crippen molar-refractivity contribution in [1.29, 1.82) is 0 Å². The van der Waals surface area contributed by atoms with Crippen LogP contribution in [0.4, 0.5) is 13.2 Å². The number of hydrogen-bond acceptors (Lipinski definition) is 4. The molecule has 2 aliphatic rings. The van der Waals surface area contributed by atoms with Crippen molar-refractivity contribution < 1.29 is 27.8 Å². The number of aliphatic hydroxyl groups is 1. The number of likely N-dealkylation sites (tertiary alicyclic amines) is 1. The lowest BCUT2D eigenvalue weighted by Crippen LogP contribution is -2.45. The second kappa shape index (κ2) is 7.31. The summed E-state index contributed by atoms with van der Waals surface area (Å²) in [6.07, 6.45) is -4.75. The summed E-state index contributed by atoms with van der Waals surface area (Å²) in [7, 11) is 0. The van der Waals surface area contributed by atoms with Crippen LogP contribution in [0.25, 0.3) is 0 Å². The first-order chi connectivity index (χ1) is 11.8. The molecule has 2 saturated heterocycles. The van der Waals surface area contributed by atoms with Crippen molar-refractivity contribution in [2.45, 2.75) is 24.7 Å². The summed E-state index contributed by atoms with van der Waals surface area (Å²) in [5, 5.41) is 9.97. The van der Waals surface area contributed by atoms with Crippen LogP contribution >= 0.6 is 0 Å². The number of ether oxygens (including phenoxy) is 1. The highest BCUT2D eigenvalue weighted by Crippen LogP contribution is 2.36. The Hall–Kier alpha value is -1.64. The Labute approximate surface area is 144 Å². The summed E-state index contributed by atoms with van der Waals surface area (Å²) in [5.74, 6) is -0.0885. The standard InChI is InChI=1S/C17H21F3N2O3/c18-17(19,20)13-3-1-2-12(8-13)15-9-14(23)10-22(15)11-16(24)21-4-6-25-7-5-21/h1-3,8,14-15,23H,4-7,9-11H2/t14-,15+/m1/s1. The summed E-state index contributed by atoms with van der Waals surface area (Å²) < 4.78 is 44.1. The van der Waals surface area contributed by atoms with Gasteiger partial charge in [0.15, 0.2) is 0 Å². The van der Waals surface area contributed by atoms with Gasteiger partial charge in [0.2, 0.25) is 5.91 Å². The minimum atomic E-state index is -4.41. The number of hydrogen-bond donors (Lipinski definition) is 1. The fraction of sp³-hybridized carbons (Fsp3) is 0.588. The summed E-state index contributed by atoms with van der Waals surface area (Å²) in [5.41, 5.74) is -0.244. The third-order valence-electron chi connectivity index (χ3n) is 4.68. The molecule has 0 radical (unpaired) electrons. The van der Waals surface area contributed by atoms with Crippen molar-refractivity contribution in [1.82, 2.24) is 9.80 Å². The molecule has 2 atom stereocenters. The Balaban J connectivity index is 1.74. The van der Waals surface area contributed by atoms with Gasteiger partial charge in [-0.05, 0) is 24.1 Å². The van der Waals surface area contributed by atoms with Crippen LogP contribution in [0.3, 0.4) is 0 Å². The molecule has 0 aromatic heterocycles. The highest BCUT2D eigenvalue weighted by molar-refractivity contribution is 5.78. The molecule has 0 aliphatic carbocycles. The molecule has 1 N–H and O–H groups in total. The quantitative estimate of drug-likeness (QED) is 0.893. The van der Waals surface area contributed by atoms with E-state index in [0.29, 0.717) is 38.3 Å². The van der Waals surface area contributed by atoms with E-state index >= 15 is 0 Å². The summed E-state index contributed by atoms with van der Waals surface area (Å²) in [4.78, 5) is 15.9. The molecule has 1 amide bonds. The molecule has 0 spiro atoms. The van der Waals surface area contributed by atoms with E-state index in [1.54, 1.807) is 15.9 Å². The van der Waals surface area contributed by atoms with Gasteiger partial charge >= 0.3 is 6.18 Å². The van der Waals surface area contributed by atoms with Gasteiger partial charge in [-0.3, -0.25) is 9.69 Å². The van der Waals surface area contributed by atoms with E-state index < -0.39 is 23.9 Å². The predicted octanol–water partition coefficient (Wildman–Crippen LogP) is 1.67. The maximum absolute atomic E-state index is 12.9. The second-order valence-corrected chi connectivity index (χ2v) is 6.45. The molecule has 0 bridgehead atoms. The van der Waals surface area contributed by atoms with Crippen molar-refractivity contribution in [3.05, 3.63) is 35.4 Å². The van der Waals surface area contributed by atoms with Crippen molar-refractivity contribution in [3.8, 4) is 0 Å². The lowest BCUT2D eigenvalue weighted by atomic mass is 10.0. The largest absolute Gasteiger partial charge is 0.416 e. The van der Waals surface area contributed by atoms with Crippen LogP contribution in [0.2, 0.25) is 0 Å². The third kappa shape index (κ3) is 4.31. The molecular formula is C17H21F3N2O3. The summed E-state index contributed by atoms with van der Waals surface area (Å²) >= 11 is 0. The lowest BCUT2D eigenvalue weighted by Gasteiger charge is -2.30. The summed E-state index contributed by atoms with van der Waals surface area (Å²) in [6.45, 7) is 2.37. The number of alkyl halides is 3. The topological polar surface area (TPSA) is 53.0 Å². The first kappa shape index (κ1) is 18.2. The Morgan fingerprint density at radius 2 is 2.00 bits per heavy atom. The zero-order chi connectivity index (χ0) is 18.0. The highest BCUT2D eigenvalue weighted by Gasteiger charge is 2.36. The number of carbonyl (C=O) groups is 1. The lowest BCUT2D eigenvalue weighted by molar-refractivity contribution is -0.138. The molecule has 2 fully saturated rings. The smallest absolute Gasteiger partial charge is 0.392 e. The predicted molar refractivity (Wildman–Crippen MR) is 83.8 cm³/mol. The van der Waals surface area contributed by atoms with Crippen LogP contribution in [-0.2, 0) is 15.7 Å². The van der Waals surface area contributed by atoms with Gasteiger partial charge in [0.05, 0.1) is 31.4 Å². The molecule has 1 aromatic rings. The van der Waals surface area contributed by atoms with E-state index in [2.05, 4.69) is 0 Å². The van der Waals surface area contributed by atoms with Gasteiger partial charge in [0.1, 0.15) is 0 Å². The number of morpholine rings is 1. The highest BCUT2D eigenvalue weighted by atomic mass is 19.4. The van der Waals surface area contributed by atoms with Crippen molar-refractivity contribution in [3.63, 3.8) is 0 Å². The third-order valence-corrected chi connectivity index (χ3v) is 4.68. The minimum Gasteiger partial charge on any atom is -0.392 e. The maximum Gasteiger partial charge on any atom is 0.416 e. The van der Waals surface area contributed by atoms with Gasteiger partial charge < -0.3 is 14.7 Å². The van der Waals surface area contributed by atoms with E-state index in [0.717, 1.165) is 12.1 Å². The Kier molecular flexibility index (Phi) is 5.31. The Morgan fingerprint density at radius 1 is 1.28 bits per heavy atom. The van der Waals surface area contributed by atoms with Crippen LogP contribution in [0, 0.1) is 0 Å². The number of carbonyl (C=O) groups excluding carboxylic acids is 1. The van der Waals surface area contributed by atoms with Gasteiger partial charge in [-0.1, -0.05) is 12.1 Å². The zero-order valence-corrected chi connectivity index (χ0v) is 13.7. The molecule has 8 heteroatoms. The molecule has 3 rings (SSSR count). The average Bonchev–Trinajstić information content (AvgIpc) is 2.95. The molecular weight excluding hydrogens is 337 g/mol. The monoisotopic (exact) mass is 358 g/mol.